The lowest BCUT2D eigenvalue weighted by atomic mass is 10.2. The van der Waals surface area contributed by atoms with E-state index in [0.717, 1.165) is 23.5 Å². The number of carbonyl (C=O) groups excluding carboxylic acids is 2. The van der Waals surface area contributed by atoms with Crippen molar-refractivity contribution < 1.29 is 14.3 Å². The number of hydrogen-bond donors (Lipinski definition) is 2. The highest BCUT2D eigenvalue weighted by Crippen LogP contribution is 2.38. The molecule has 9 heteroatoms. The van der Waals surface area contributed by atoms with E-state index < -0.39 is 5.25 Å². The Bertz CT molecular complexity index is 896. The molecule has 2 N–H and O–H groups in total. The highest BCUT2D eigenvalue weighted by atomic mass is 35.5. The van der Waals surface area contributed by atoms with E-state index in [2.05, 4.69) is 20.5 Å². The van der Waals surface area contributed by atoms with Crippen molar-refractivity contribution >= 4 is 46.7 Å². The summed E-state index contributed by atoms with van der Waals surface area (Å²) in [4.78, 5) is 32.0. The number of benzene rings is 1. The predicted octanol–water partition coefficient (Wildman–Crippen LogP) is 3.25. The van der Waals surface area contributed by atoms with Gasteiger partial charge in [0, 0.05) is 42.7 Å². The average molecular weight is 435 g/mol. The van der Waals surface area contributed by atoms with Crippen LogP contribution in [0, 0.1) is 0 Å². The molecule has 2 aromatic rings. The van der Waals surface area contributed by atoms with E-state index in [1.54, 1.807) is 25.4 Å². The molecule has 0 saturated carbocycles. The maximum atomic E-state index is 12.5. The first-order valence-electron chi connectivity index (χ1n) is 9.14. The Morgan fingerprint density at radius 3 is 3.00 bits per heavy atom. The maximum absolute atomic E-state index is 12.5. The Morgan fingerprint density at radius 2 is 2.21 bits per heavy atom. The number of hydrogen-bond acceptors (Lipinski definition) is 6. The largest absolute Gasteiger partial charge is 0.383 e. The molecule has 154 valence electrons. The van der Waals surface area contributed by atoms with Gasteiger partial charge in [-0.1, -0.05) is 11.6 Å². The van der Waals surface area contributed by atoms with Crippen LogP contribution >= 0.6 is 23.4 Å². The molecular formula is C20H23ClN4O3S. The molecule has 0 fully saturated rings. The monoisotopic (exact) mass is 434 g/mol. The van der Waals surface area contributed by atoms with Crippen LogP contribution in [0.2, 0.25) is 5.02 Å². The third-order valence-corrected chi connectivity index (χ3v) is 5.86. The zero-order valence-corrected chi connectivity index (χ0v) is 17.8. The summed E-state index contributed by atoms with van der Waals surface area (Å²) in [5, 5.41) is 5.65. The number of thioether (sulfide) groups is 1. The third-order valence-electron chi connectivity index (χ3n) is 4.35. The number of likely N-dealkylation sites (N-methyl/N-ethyl adjacent to an activating group) is 1. The molecule has 0 aliphatic carbocycles. The van der Waals surface area contributed by atoms with E-state index in [1.165, 1.54) is 11.8 Å². The molecule has 0 spiro atoms. The molecule has 2 amide bonds. The van der Waals surface area contributed by atoms with Crippen LogP contribution in [0.3, 0.4) is 0 Å². The Labute approximate surface area is 179 Å². The molecule has 7 nitrogen and oxygen atoms in total. The summed E-state index contributed by atoms with van der Waals surface area (Å²) in [5.74, 6) is 0.00915. The Balaban J connectivity index is 1.57. The van der Waals surface area contributed by atoms with Crippen LogP contribution in [-0.4, -0.2) is 54.3 Å². The zero-order valence-electron chi connectivity index (χ0n) is 16.3. The molecule has 0 bridgehead atoms. The van der Waals surface area contributed by atoms with E-state index in [9.17, 15) is 9.59 Å². The molecule has 1 aromatic carbocycles. The quantitative estimate of drug-likeness (QED) is 0.663. The molecule has 0 radical (unpaired) electrons. The van der Waals surface area contributed by atoms with Crippen molar-refractivity contribution in [3.05, 3.63) is 47.1 Å². The first-order chi connectivity index (χ1) is 13.9. The smallest absolute Gasteiger partial charge is 0.238 e. The van der Waals surface area contributed by atoms with Crippen LogP contribution in [0.5, 0.6) is 0 Å². The van der Waals surface area contributed by atoms with Gasteiger partial charge in [0.1, 0.15) is 5.82 Å². The van der Waals surface area contributed by atoms with E-state index in [4.69, 9.17) is 16.3 Å². The number of fused-ring (bicyclic) bond motifs is 1. The van der Waals surface area contributed by atoms with Gasteiger partial charge in [0.25, 0.3) is 0 Å². The summed E-state index contributed by atoms with van der Waals surface area (Å²) in [6.45, 7) is 2.18. The lowest BCUT2D eigenvalue weighted by molar-refractivity contribution is -0.120. The van der Waals surface area contributed by atoms with Gasteiger partial charge in [0.2, 0.25) is 11.8 Å². The Kier molecular flexibility index (Phi) is 7.49. The number of methoxy groups -OCH3 is 1. The lowest BCUT2D eigenvalue weighted by Gasteiger charge is -2.23. The van der Waals surface area contributed by atoms with E-state index in [1.807, 2.05) is 25.2 Å². The number of rotatable bonds is 8. The summed E-state index contributed by atoms with van der Waals surface area (Å²) in [5.41, 5.74) is 1.71. The van der Waals surface area contributed by atoms with E-state index in [0.29, 0.717) is 23.1 Å². The second-order valence-corrected chi connectivity index (χ2v) is 8.45. The van der Waals surface area contributed by atoms with Gasteiger partial charge < -0.3 is 15.4 Å². The molecule has 29 heavy (non-hydrogen) atoms. The Hall–Kier alpha value is -2.13. The summed E-state index contributed by atoms with van der Waals surface area (Å²) >= 11 is 7.33. The van der Waals surface area contributed by atoms with Gasteiger partial charge in [-0.15, -0.1) is 11.8 Å². The molecule has 1 aromatic heterocycles. The number of halogens is 1. The van der Waals surface area contributed by atoms with Gasteiger partial charge in [0.05, 0.1) is 17.5 Å². The lowest BCUT2D eigenvalue weighted by Crippen LogP contribution is -2.32. The molecule has 3 rings (SSSR count). The molecular weight excluding hydrogens is 412 g/mol. The van der Waals surface area contributed by atoms with Crippen molar-refractivity contribution in [3.8, 4) is 0 Å². The minimum absolute atomic E-state index is 0.0538. The van der Waals surface area contributed by atoms with Gasteiger partial charge in [-0.3, -0.25) is 14.5 Å². The zero-order chi connectivity index (χ0) is 20.8. The number of nitrogens with one attached hydrogen (secondary N) is 2. The first kappa shape index (κ1) is 21.6. The third kappa shape index (κ3) is 6.17. The first-order valence-corrected chi connectivity index (χ1v) is 10.4. The van der Waals surface area contributed by atoms with Crippen molar-refractivity contribution in [2.75, 3.05) is 37.9 Å². The number of ether oxygens (including phenoxy) is 1. The molecule has 0 saturated heterocycles. The van der Waals surface area contributed by atoms with E-state index >= 15 is 0 Å². The summed E-state index contributed by atoms with van der Waals surface area (Å²) in [7, 11) is 3.67. The number of aromatic nitrogens is 1. The summed E-state index contributed by atoms with van der Waals surface area (Å²) in [6.07, 6.45) is 1.72. The van der Waals surface area contributed by atoms with Crippen molar-refractivity contribution in [2.45, 2.75) is 23.1 Å². The van der Waals surface area contributed by atoms with Crippen LogP contribution in [0.15, 0.2) is 41.4 Å². The van der Waals surface area contributed by atoms with Gasteiger partial charge in [0.15, 0.2) is 0 Å². The SMILES string of the molecule is COCCN(C)Cc1ccnc(NC(=O)C[C@H]2Sc3ccc(Cl)cc3NC2=O)c1. The number of pyridine rings is 1. The number of amides is 2. The fourth-order valence-corrected chi connectivity index (χ4v) is 4.16. The van der Waals surface area contributed by atoms with Crippen molar-refractivity contribution in [1.29, 1.82) is 0 Å². The predicted molar refractivity (Wildman–Crippen MR) is 115 cm³/mol. The fourth-order valence-electron chi connectivity index (χ4n) is 2.90. The molecule has 1 aliphatic rings. The standard InChI is InChI=1S/C20H23ClN4O3S/c1-25(7-8-28-2)12-13-5-6-22-18(9-13)24-19(26)11-17-20(27)23-15-10-14(21)3-4-16(15)29-17/h3-6,9-10,17H,7-8,11-12H2,1-2H3,(H,23,27)(H,22,24,26)/t17-/m1/s1. The second kappa shape index (κ2) is 10.1. The molecule has 0 unspecified atom stereocenters. The van der Waals surface area contributed by atoms with Crippen LogP contribution in [0.1, 0.15) is 12.0 Å². The molecule has 1 aliphatic heterocycles. The fraction of sp³-hybridized carbons (Fsp3) is 0.350. The van der Waals surface area contributed by atoms with Gasteiger partial charge >= 0.3 is 0 Å². The van der Waals surface area contributed by atoms with Crippen LogP contribution < -0.4 is 10.6 Å². The summed E-state index contributed by atoms with van der Waals surface area (Å²) < 4.78 is 5.08. The second-order valence-electron chi connectivity index (χ2n) is 6.77. The number of nitrogens with zero attached hydrogens (tertiary/aromatic N) is 2. The van der Waals surface area contributed by atoms with Gasteiger partial charge in [-0.05, 0) is 42.9 Å². The average Bonchev–Trinajstić information content (AvgIpc) is 2.67. The maximum Gasteiger partial charge on any atom is 0.238 e. The van der Waals surface area contributed by atoms with Crippen molar-refractivity contribution in [2.24, 2.45) is 0 Å². The topological polar surface area (TPSA) is 83.6 Å². The van der Waals surface area contributed by atoms with Crippen LogP contribution in [-0.2, 0) is 20.9 Å². The Morgan fingerprint density at radius 1 is 1.38 bits per heavy atom. The minimum atomic E-state index is -0.507. The highest BCUT2D eigenvalue weighted by Gasteiger charge is 2.29. The van der Waals surface area contributed by atoms with Gasteiger partial charge in [-0.25, -0.2) is 4.98 Å². The molecule has 2 heterocycles. The minimum Gasteiger partial charge on any atom is -0.383 e. The number of anilines is 2. The molecule has 1 atom stereocenters. The van der Waals surface area contributed by atoms with Gasteiger partial charge in [-0.2, -0.15) is 0 Å². The summed E-state index contributed by atoms with van der Waals surface area (Å²) in [6, 6.07) is 9.06. The van der Waals surface area contributed by atoms with Crippen molar-refractivity contribution in [3.63, 3.8) is 0 Å². The van der Waals surface area contributed by atoms with Crippen LogP contribution in [0.25, 0.3) is 0 Å². The van der Waals surface area contributed by atoms with Crippen LogP contribution in [0.4, 0.5) is 11.5 Å². The van der Waals surface area contributed by atoms with Crippen molar-refractivity contribution in [1.82, 2.24) is 9.88 Å². The number of carbonyl (C=O) groups is 2. The normalized spacial score (nSPS) is 15.7. The highest BCUT2D eigenvalue weighted by molar-refractivity contribution is 8.01. The van der Waals surface area contributed by atoms with E-state index in [-0.39, 0.29) is 18.2 Å².